The number of fused-ring (bicyclic) bond motifs is 2. The van der Waals surface area contributed by atoms with E-state index in [1.807, 2.05) is 0 Å². The van der Waals surface area contributed by atoms with Crippen LogP contribution in [0.1, 0.15) is 11.1 Å². The van der Waals surface area contributed by atoms with Crippen molar-refractivity contribution in [3.63, 3.8) is 0 Å². The highest BCUT2D eigenvalue weighted by Crippen LogP contribution is 2.36. The van der Waals surface area contributed by atoms with Gasteiger partial charge in [0.2, 0.25) is 12.7 Å². The van der Waals surface area contributed by atoms with E-state index < -0.39 is 23.2 Å². The molecule has 33 heavy (non-hydrogen) atoms. The molecule has 3 aromatic carbocycles. The molecule has 4 aromatic rings. The van der Waals surface area contributed by atoms with Gasteiger partial charge in [-0.15, -0.1) is 0 Å². The lowest BCUT2D eigenvalue weighted by Gasteiger charge is -2.15. The van der Waals surface area contributed by atoms with Crippen LogP contribution in [-0.2, 0) is 6.18 Å². The predicted molar refractivity (Wildman–Crippen MR) is 116 cm³/mol. The summed E-state index contributed by atoms with van der Waals surface area (Å²) in [6.07, 6.45) is -3.24. The number of hydrogen-bond donors (Lipinski definition) is 1. The van der Waals surface area contributed by atoms with Gasteiger partial charge in [0.1, 0.15) is 0 Å². The molecule has 9 heteroatoms. The van der Waals surface area contributed by atoms with E-state index in [2.05, 4.69) is 4.99 Å². The number of hydrogen-bond acceptors (Lipinski definition) is 5. The Morgan fingerprint density at radius 2 is 1.70 bits per heavy atom. The zero-order valence-corrected chi connectivity index (χ0v) is 16.8. The lowest BCUT2D eigenvalue weighted by molar-refractivity contribution is -0.137. The van der Waals surface area contributed by atoms with E-state index in [9.17, 15) is 23.1 Å². The van der Waals surface area contributed by atoms with Crippen molar-refractivity contribution in [2.75, 3.05) is 6.79 Å². The van der Waals surface area contributed by atoms with Gasteiger partial charge in [0.05, 0.1) is 22.5 Å². The van der Waals surface area contributed by atoms with E-state index in [0.717, 1.165) is 16.7 Å². The molecular formula is C24H15F3N2O4. The molecule has 0 unspecified atom stereocenters. The first kappa shape index (κ1) is 20.6. The van der Waals surface area contributed by atoms with Gasteiger partial charge in [-0.1, -0.05) is 24.3 Å². The minimum absolute atomic E-state index is 0.107. The summed E-state index contributed by atoms with van der Waals surface area (Å²) in [5.41, 5.74) is -1.02. The van der Waals surface area contributed by atoms with Crippen LogP contribution >= 0.6 is 0 Å². The number of rotatable bonds is 3. The maximum Gasteiger partial charge on any atom is 0.416 e. The minimum atomic E-state index is -4.60. The van der Waals surface area contributed by atoms with Crippen LogP contribution in [-0.4, -0.2) is 22.7 Å². The van der Waals surface area contributed by atoms with Gasteiger partial charge in [0.25, 0.3) is 5.56 Å². The molecule has 0 saturated carbocycles. The Hall–Kier alpha value is -4.27. The lowest BCUT2D eigenvalue weighted by atomic mass is 10.1. The smallest absolute Gasteiger partial charge is 0.416 e. The zero-order chi connectivity index (χ0) is 23.2. The van der Waals surface area contributed by atoms with Gasteiger partial charge < -0.3 is 14.6 Å². The second kappa shape index (κ2) is 7.70. The first-order chi connectivity index (χ1) is 15.8. The molecule has 1 aliphatic rings. The van der Waals surface area contributed by atoms with Crippen molar-refractivity contribution in [1.29, 1.82) is 0 Å². The summed E-state index contributed by atoms with van der Waals surface area (Å²) in [7, 11) is 0. The number of halogens is 3. The Morgan fingerprint density at radius 3 is 2.48 bits per heavy atom. The van der Waals surface area contributed by atoms with Gasteiger partial charge in [-0.25, -0.2) is 4.57 Å². The van der Waals surface area contributed by atoms with Gasteiger partial charge in [-0.05, 0) is 36.4 Å². The normalized spacial score (nSPS) is 13.2. The molecule has 0 radical (unpaired) electrons. The first-order valence-corrected chi connectivity index (χ1v) is 9.81. The first-order valence-electron chi connectivity index (χ1n) is 9.81. The fraction of sp³-hybridized carbons (Fsp3) is 0.0833. The summed E-state index contributed by atoms with van der Waals surface area (Å²) in [6.45, 7) is 0.107. The Labute approximate surface area is 184 Å². The quantitative estimate of drug-likeness (QED) is 0.434. The average molecular weight is 452 g/mol. The van der Waals surface area contributed by atoms with Crippen LogP contribution in [0.25, 0.3) is 16.5 Å². The number of alkyl halides is 3. The molecule has 0 bridgehead atoms. The third kappa shape index (κ3) is 3.67. The molecule has 0 fully saturated rings. The lowest BCUT2D eigenvalue weighted by Crippen LogP contribution is -2.20. The van der Waals surface area contributed by atoms with Crippen LogP contribution in [0.15, 0.2) is 76.5 Å². The summed E-state index contributed by atoms with van der Waals surface area (Å²) in [5.74, 6) is 0.579. The average Bonchev–Trinajstić information content (AvgIpc) is 3.27. The maximum absolute atomic E-state index is 13.2. The number of pyridine rings is 1. The Kier molecular flexibility index (Phi) is 4.81. The molecule has 2 heterocycles. The number of benzene rings is 3. The molecule has 0 aliphatic carbocycles. The molecule has 166 valence electrons. The Balaban J connectivity index is 1.69. The van der Waals surface area contributed by atoms with Gasteiger partial charge in [0.15, 0.2) is 11.5 Å². The summed E-state index contributed by atoms with van der Waals surface area (Å²) < 4.78 is 51.1. The molecule has 0 amide bonds. The predicted octanol–water partition coefficient (Wildman–Crippen LogP) is 5.19. The SMILES string of the molecule is O=c1c2ccccc2c(C=Nc2ccc3c(c2)OCO3)c(O)n1-c1cccc(C(F)(F)F)c1. The monoisotopic (exact) mass is 452 g/mol. The van der Waals surface area contributed by atoms with Crippen molar-refractivity contribution in [3.05, 3.63) is 88.2 Å². The second-order valence-electron chi connectivity index (χ2n) is 7.27. The minimum Gasteiger partial charge on any atom is -0.494 e. The van der Waals surface area contributed by atoms with Crippen LogP contribution in [0.4, 0.5) is 18.9 Å². The van der Waals surface area contributed by atoms with Crippen LogP contribution in [0, 0.1) is 0 Å². The van der Waals surface area contributed by atoms with Gasteiger partial charge in [0, 0.05) is 23.1 Å². The summed E-state index contributed by atoms with van der Waals surface area (Å²) in [6, 6.07) is 15.7. The van der Waals surface area contributed by atoms with E-state index in [4.69, 9.17) is 9.47 Å². The molecule has 0 saturated heterocycles. The van der Waals surface area contributed by atoms with Crippen molar-refractivity contribution in [1.82, 2.24) is 4.57 Å². The summed E-state index contributed by atoms with van der Waals surface area (Å²) in [4.78, 5) is 17.5. The number of aromatic nitrogens is 1. The van der Waals surface area contributed by atoms with Crippen molar-refractivity contribution in [3.8, 4) is 23.1 Å². The number of ether oxygens (including phenoxy) is 2. The number of aromatic hydroxyl groups is 1. The fourth-order valence-corrected chi connectivity index (χ4v) is 3.65. The van der Waals surface area contributed by atoms with Gasteiger partial charge >= 0.3 is 6.18 Å². The van der Waals surface area contributed by atoms with Crippen LogP contribution in [0.3, 0.4) is 0 Å². The van der Waals surface area contributed by atoms with Crippen molar-refractivity contribution in [2.45, 2.75) is 6.18 Å². The van der Waals surface area contributed by atoms with E-state index in [1.54, 1.807) is 42.5 Å². The topological polar surface area (TPSA) is 73.1 Å². The largest absolute Gasteiger partial charge is 0.494 e. The van der Waals surface area contributed by atoms with Crippen molar-refractivity contribution >= 4 is 22.7 Å². The zero-order valence-electron chi connectivity index (χ0n) is 16.8. The van der Waals surface area contributed by atoms with Crippen LogP contribution < -0.4 is 15.0 Å². The summed E-state index contributed by atoms with van der Waals surface area (Å²) >= 11 is 0. The molecule has 6 nitrogen and oxygen atoms in total. The highest BCUT2D eigenvalue weighted by molar-refractivity contribution is 6.02. The number of aliphatic imine (C=N–C) groups is 1. The second-order valence-corrected chi connectivity index (χ2v) is 7.27. The summed E-state index contributed by atoms with van der Waals surface area (Å²) in [5, 5.41) is 11.6. The third-order valence-electron chi connectivity index (χ3n) is 5.23. The number of nitrogens with zero attached hydrogens (tertiary/aromatic N) is 2. The molecular weight excluding hydrogens is 437 g/mol. The van der Waals surface area contributed by atoms with E-state index in [1.165, 1.54) is 18.3 Å². The highest BCUT2D eigenvalue weighted by atomic mass is 19.4. The van der Waals surface area contributed by atoms with E-state index in [-0.39, 0.29) is 23.4 Å². The van der Waals surface area contributed by atoms with Gasteiger partial charge in [-0.3, -0.25) is 9.79 Å². The Bertz CT molecular complexity index is 1480. The molecule has 0 atom stereocenters. The van der Waals surface area contributed by atoms with Crippen molar-refractivity contribution < 1.29 is 27.8 Å². The fourth-order valence-electron chi connectivity index (χ4n) is 3.65. The molecule has 1 N–H and O–H groups in total. The Morgan fingerprint density at radius 1 is 0.939 bits per heavy atom. The van der Waals surface area contributed by atoms with Crippen molar-refractivity contribution in [2.24, 2.45) is 4.99 Å². The van der Waals surface area contributed by atoms with E-state index in [0.29, 0.717) is 22.6 Å². The van der Waals surface area contributed by atoms with E-state index >= 15 is 0 Å². The molecule has 5 rings (SSSR count). The maximum atomic E-state index is 13.2. The van der Waals surface area contributed by atoms with Gasteiger partial charge in [-0.2, -0.15) is 13.2 Å². The molecule has 0 spiro atoms. The third-order valence-corrected chi connectivity index (χ3v) is 5.23. The molecule has 1 aromatic heterocycles. The highest BCUT2D eigenvalue weighted by Gasteiger charge is 2.31. The van der Waals surface area contributed by atoms with Crippen LogP contribution in [0.5, 0.6) is 17.4 Å². The molecule has 1 aliphatic heterocycles. The standard InChI is InChI=1S/C24H15F3N2O4/c25-24(26,27)14-4-3-5-16(10-14)29-22(30)18-7-2-1-6-17(18)19(23(29)31)12-28-15-8-9-20-21(11-15)33-13-32-20/h1-12,31H,13H2. The van der Waals surface area contributed by atoms with Crippen LogP contribution in [0.2, 0.25) is 0 Å².